The highest BCUT2D eigenvalue weighted by Crippen LogP contribution is 2.51. The van der Waals surface area contributed by atoms with E-state index in [1.807, 2.05) is 75.4 Å². The number of nitrogen functional groups attached to an aromatic ring is 1. The van der Waals surface area contributed by atoms with E-state index >= 15 is 4.39 Å². The third kappa shape index (κ3) is 6.69. The van der Waals surface area contributed by atoms with Crippen LogP contribution in [0.3, 0.4) is 0 Å². The number of anilines is 1. The normalized spacial score (nSPS) is 22.3. The molecule has 1 spiro atoms. The van der Waals surface area contributed by atoms with E-state index in [1.54, 1.807) is 4.68 Å². The lowest BCUT2D eigenvalue weighted by molar-refractivity contribution is -0.157. The lowest BCUT2D eigenvalue weighted by atomic mass is 9.59. The number of halogens is 1. The van der Waals surface area contributed by atoms with E-state index in [0.29, 0.717) is 59.3 Å². The Morgan fingerprint density at radius 2 is 1.70 bits per heavy atom. The minimum Gasteiger partial charge on any atom is -0.459 e. The summed E-state index contributed by atoms with van der Waals surface area (Å²) >= 11 is 0. The van der Waals surface area contributed by atoms with Crippen LogP contribution in [0.5, 0.6) is 11.5 Å². The Bertz CT molecular complexity index is 1710. The number of benzene rings is 2. The Hall–Kier alpha value is -4.09. The second-order valence-electron chi connectivity index (χ2n) is 14.5. The van der Waals surface area contributed by atoms with Gasteiger partial charge >= 0.3 is 5.97 Å². The average Bonchev–Trinajstić information content (AvgIpc) is 3.41. The van der Waals surface area contributed by atoms with E-state index in [0.717, 1.165) is 56.6 Å². The van der Waals surface area contributed by atoms with Crippen LogP contribution in [0.15, 0.2) is 60.9 Å². The van der Waals surface area contributed by atoms with Gasteiger partial charge in [0.15, 0.2) is 5.65 Å². The van der Waals surface area contributed by atoms with Gasteiger partial charge in [0.05, 0.1) is 18.0 Å². The lowest BCUT2D eigenvalue weighted by Gasteiger charge is -2.56. The van der Waals surface area contributed by atoms with E-state index < -0.39 is 17.8 Å². The predicted molar refractivity (Wildman–Crippen MR) is 179 cm³/mol. The minimum atomic E-state index is -1.09. The number of nitrogens with zero attached hydrogens (tertiary/aromatic N) is 6. The summed E-state index contributed by atoms with van der Waals surface area (Å²) in [6, 6.07) is 17.2. The second kappa shape index (κ2) is 12.5. The standard InChI is InChI=1S/C36H44FN7O3/c1-35(2,3)47-30(45)22-42-17-14-36(15-18-42)19-25(20-36)43-16-13-29(28(37)21-43)44-34-31(33(38)39-23-40-34)32(41-44)24-9-11-27(12-10-24)46-26-7-5-4-6-8-26/h4-12,23,25,28-29H,13-22H2,1-3H3,(H2,38,39,40)/t28-,29-/m1/s1. The van der Waals surface area contributed by atoms with Gasteiger partial charge in [0.2, 0.25) is 0 Å². The molecule has 1 aliphatic carbocycles. The van der Waals surface area contributed by atoms with Crippen molar-refractivity contribution in [3.8, 4) is 22.8 Å². The predicted octanol–water partition coefficient (Wildman–Crippen LogP) is 6.04. The first-order valence-electron chi connectivity index (χ1n) is 16.7. The van der Waals surface area contributed by atoms with Crippen LogP contribution in [0, 0.1) is 5.41 Å². The number of esters is 1. The lowest BCUT2D eigenvalue weighted by Crippen LogP contribution is -2.58. The van der Waals surface area contributed by atoms with Crippen molar-refractivity contribution in [2.45, 2.75) is 76.7 Å². The maximum Gasteiger partial charge on any atom is 0.320 e. The Morgan fingerprint density at radius 1 is 1.00 bits per heavy atom. The van der Waals surface area contributed by atoms with Crippen molar-refractivity contribution in [3.63, 3.8) is 0 Å². The molecule has 0 amide bonds. The van der Waals surface area contributed by atoms with Gasteiger partial charge in [-0.25, -0.2) is 19.0 Å². The second-order valence-corrected chi connectivity index (χ2v) is 14.5. The molecule has 2 N–H and O–H groups in total. The summed E-state index contributed by atoms with van der Waals surface area (Å²) in [6.07, 6.45) is 5.30. The molecule has 4 heterocycles. The summed E-state index contributed by atoms with van der Waals surface area (Å²) in [5.41, 5.74) is 8.23. The fourth-order valence-electron chi connectivity index (χ4n) is 7.61. The Labute approximate surface area is 275 Å². The summed E-state index contributed by atoms with van der Waals surface area (Å²) in [6.45, 7) is 9.04. The Balaban J connectivity index is 0.988. The van der Waals surface area contributed by atoms with Gasteiger partial charge in [-0.1, -0.05) is 18.2 Å². The van der Waals surface area contributed by atoms with Crippen molar-refractivity contribution < 1.29 is 18.7 Å². The first-order chi connectivity index (χ1) is 22.6. The van der Waals surface area contributed by atoms with Crippen molar-refractivity contribution in [1.82, 2.24) is 29.5 Å². The van der Waals surface area contributed by atoms with Crippen molar-refractivity contribution in [1.29, 1.82) is 0 Å². The van der Waals surface area contributed by atoms with Crippen molar-refractivity contribution in [2.24, 2.45) is 5.41 Å². The van der Waals surface area contributed by atoms with E-state index in [9.17, 15) is 4.79 Å². The third-order valence-electron chi connectivity index (χ3n) is 10.0. The molecule has 47 heavy (non-hydrogen) atoms. The highest BCUT2D eigenvalue weighted by molar-refractivity contribution is 5.98. The van der Waals surface area contributed by atoms with Gasteiger partial charge in [-0.05, 0) is 108 Å². The fraction of sp³-hybridized carbons (Fsp3) is 0.500. The Morgan fingerprint density at radius 3 is 2.38 bits per heavy atom. The number of hydrogen-bond acceptors (Lipinski definition) is 9. The fourth-order valence-corrected chi connectivity index (χ4v) is 7.61. The number of fused-ring (bicyclic) bond motifs is 1. The maximum absolute atomic E-state index is 16.1. The van der Waals surface area contributed by atoms with Crippen LogP contribution in [0.2, 0.25) is 0 Å². The monoisotopic (exact) mass is 641 g/mol. The molecule has 1 saturated carbocycles. The highest BCUT2D eigenvalue weighted by atomic mass is 19.1. The average molecular weight is 642 g/mol. The number of carbonyl (C=O) groups is 1. The summed E-state index contributed by atoms with van der Waals surface area (Å²) < 4.78 is 29.3. The van der Waals surface area contributed by atoms with Crippen molar-refractivity contribution in [2.75, 3.05) is 38.5 Å². The maximum atomic E-state index is 16.1. The first-order valence-corrected chi connectivity index (χ1v) is 16.7. The minimum absolute atomic E-state index is 0.158. The van der Waals surface area contributed by atoms with E-state index in [4.69, 9.17) is 20.3 Å². The number of piperidine rings is 2. The topological polar surface area (TPSA) is 112 Å². The summed E-state index contributed by atoms with van der Waals surface area (Å²) in [5.74, 6) is 1.62. The molecule has 3 aliphatic rings. The number of aromatic nitrogens is 4. The molecule has 248 valence electrons. The molecule has 2 aliphatic heterocycles. The van der Waals surface area contributed by atoms with Gasteiger partial charge in [0.1, 0.15) is 41.1 Å². The summed E-state index contributed by atoms with van der Waals surface area (Å²) in [5, 5.41) is 5.56. The number of alkyl halides is 1. The van der Waals surface area contributed by atoms with Crippen LogP contribution in [0.4, 0.5) is 10.2 Å². The van der Waals surface area contributed by atoms with Crippen LogP contribution in [-0.4, -0.2) is 86.1 Å². The quantitative estimate of drug-likeness (QED) is 0.242. The smallest absolute Gasteiger partial charge is 0.320 e. The van der Waals surface area contributed by atoms with E-state index in [1.165, 1.54) is 6.33 Å². The number of likely N-dealkylation sites (tertiary alicyclic amines) is 2. The summed E-state index contributed by atoms with van der Waals surface area (Å²) in [7, 11) is 0. The van der Waals surface area contributed by atoms with Crippen LogP contribution in [0.1, 0.15) is 58.9 Å². The van der Waals surface area contributed by atoms with E-state index in [-0.39, 0.29) is 5.97 Å². The largest absolute Gasteiger partial charge is 0.459 e. The van der Waals surface area contributed by atoms with Crippen molar-refractivity contribution in [3.05, 3.63) is 60.9 Å². The van der Waals surface area contributed by atoms with Crippen LogP contribution in [-0.2, 0) is 9.53 Å². The van der Waals surface area contributed by atoms with Gasteiger partial charge in [-0.15, -0.1) is 0 Å². The molecule has 11 heteroatoms. The molecule has 2 atom stereocenters. The molecule has 2 aromatic heterocycles. The molecule has 10 nitrogen and oxygen atoms in total. The van der Waals surface area contributed by atoms with Crippen LogP contribution in [0.25, 0.3) is 22.3 Å². The number of para-hydroxylation sites is 1. The number of ether oxygens (including phenoxy) is 2. The molecule has 0 bridgehead atoms. The zero-order chi connectivity index (χ0) is 32.8. The number of nitrogens with two attached hydrogens (primary N) is 1. The van der Waals surface area contributed by atoms with Crippen LogP contribution >= 0.6 is 0 Å². The van der Waals surface area contributed by atoms with Gasteiger partial charge in [-0.3, -0.25) is 14.6 Å². The third-order valence-corrected chi connectivity index (χ3v) is 10.0. The number of rotatable bonds is 7. The molecule has 2 aromatic carbocycles. The molecular formula is C36H44FN7O3. The zero-order valence-corrected chi connectivity index (χ0v) is 27.4. The molecular weight excluding hydrogens is 597 g/mol. The van der Waals surface area contributed by atoms with Gasteiger partial charge in [-0.2, -0.15) is 5.10 Å². The van der Waals surface area contributed by atoms with Crippen molar-refractivity contribution >= 4 is 22.8 Å². The number of hydrogen-bond donors (Lipinski definition) is 1. The van der Waals surface area contributed by atoms with E-state index in [2.05, 4.69) is 19.8 Å². The van der Waals surface area contributed by atoms with Gasteiger partial charge in [0, 0.05) is 24.7 Å². The van der Waals surface area contributed by atoms with Gasteiger partial charge < -0.3 is 15.2 Å². The molecule has 0 radical (unpaired) electrons. The summed E-state index contributed by atoms with van der Waals surface area (Å²) in [4.78, 5) is 25.6. The number of carbonyl (C=O) groups excluding carboxylic acids is 1. The molecule has 0 unspecified atom stereocenters. The molecule has 2 saturated heterocycles. The van der Waals surface area contributed by atoms with Gasteiger partial charge in [0.25, 0.3) is 0 Å². The molecule has 7 rings (SSSR count). The highest BCUT2D eigenvalue weighted by Gasteiger charge is 2.49. The SMILES string of the molecule is CC(C)(C)OC(=O)CN1CCC2(CC1)CC(N1CC[C@@H](n3nc(-c4ccc(Oc5ccccc5)cc4)c4c(N)ncnc43)[C@H](F)C1)C2. The molecule has 4 aromatic rings. The van der Waals surface area contributed by atoms with Crippen LogP contribution < -0.4 is 10.5 Å². The zero-order valence-electron chi connectivity index (χ0n) is 27.4. The first kappa shape index (κ1) is 31.5. The Kier molecular flexibility index (Phi) is 8.38. The molecule has 3 fully saturated rings.